The van der Waals surface area contributed by atoms with Crippen LogP contribution in [0.3, 0.4) is 0 Å². The van der Waals surface area contributed by atoms with Crippen LogP contribution in [0, 0.1) is 11.3 Å². The number of hydrogen-bond acceptors (Lipinski definition) is 3. The molecule has 2 atom stereocenters. The fourth-order valence-electron chi connectivity index (χ4n) is 2.24. The molecule has 0 fully saturated rings. The zero-order valence-corrected chi connectivity index (χ0v) is 11.2. The lowest BCUT2D eigenvalue weighted by Crippen LogP contribution is -2.36. The molecule has 0 aliphatic rings. The molecule has 4 nitrogen and oxygen atoms in total. The minimum Gasteiger partial charge on any atom is -0.328 e. The van der Waals surface area contributed by atoms with E-state index in [1.807, 2.05) is 36.5 Å². The van der Waals surface area contributed by atoms with Gasteiger partial charge in [-0.15, -0.1) is 0 Å². The third-order valence-electron chi connectivity index (χ3n) is 3.15. The van der Waals surface area contributed by atoms with Crippen molar-refractivity contribution in [1.82, 2.24) is 9.55 Å². The summed E-state index contributed by atoms with van der Waals surface area (Å²) >= 11 is 0. The molecule has 0 aliphatic carbocycles. The summed E-state index contributed by atoms with van der Waals surface area (Å²) in [6.45, 7) is 3.80. The van der Waals surface area contributed by atoms with Crippen molar-refractivity contribution in [3.63, 3.8) is 0 Å². The summed E-state index contributed by atoms with van der Waals surface area (Å²) in [6, 6.07) is 12.3. The topological polar surface area (TPSA) is 67.6 Å². The molecule has 98 valence electrons. The average Bonchev–Trinajstić information content (AvgIpc) is 2.88. The highest BCUT2D eigenvalue weighted by atomic mass is 15.1. The largest absolute Gasteiger partial charge is 0.328 e. The fraction of sp³-hybridized carbons (Fsp3) is 0.333. The highest BCUT2D eigenvalue weighted by Gasteiger charge is 2.23. The van der Waals surface area contributed by atoms with Crippen molar-refractivity contribution < 1.29 is 0 Å². The first kappa shape index (κ1) is 13.3. The van der Waals surface area contributed by atoms with E-state index in [1.165, 1.54) is 0 Å². The fourth-order valence-corrected chi connectivity index (χ4v) is 2.24. The highest BCUT2D eigenvalue weighted by Crippen LogP contribution is 2.25. The Kier molecular flexibility index (Phi) is 3.68. The predicted molar refractivity (Wildman–Crippen MR) is 75.2 cm³/mol. The van der Waals surface area contributed by atoms with Crippen molar-refractivity contribution >= 4 is 0 Å². The third kappa shape index (κ3) is 3.01. The summed E-state index contributed by atoms with van der Waals surface area (Å²) in [7, 11) is 0. The normalized spacial score (nSPS) is 15.5. The van der Waals surface area contributed by atoms with E-state index in [9.17, 15) is 0 Å². The Balaban J connectivity index is 2.28. The Bertz CT molecular complexity index is 578. The molecule has 1 heterocycles. The van der Waals surface area contributed by atoms with Gasteiger partial charge in [-0.05, 0) is 20.3 Å². The Morgan fingerprint density at radius 2 is 2.11 bits per heavy atom. The lowest BCUT2D eigenvalue weighted by Gasteiger charge is -2.23. The van der Waals surface area contributed by atoms with Gasteiger partial charge in [-0.1, -0.05) is 30.3 Å². The molecule has 0 saturated carbocycles. The van der Waals surface area contributed by atoms with Crippen molar-refractivity contribution in [3.05, 3.63) is 42.7 Å². The van der Waals surface area contributed by atoms with Crippen LogP contribution in [0.25, 0.3) is 11.4 Å². The van der Waals surface area contributed by atoms with Crippen LogP contribution in [0.1, 0.15) is 26.3 Å². The van der Waals surface area contributed by atoms with Gasteiger partial charge >= 0.3 is 0 Å². The minimum absolute atomic E-state index is 0.118. The van der Waals surface area contributed by atoms with Gasteiger partial charge in [0, 0.05) is 24.0 Å². The highest BCUT2D eigenvalue weighted by molar-refractivity contribution is 5.55. The van der Waals surface area contributed by atoms with Gasteiger partial charge < -0.3 is 10.3 Å². The molecule has 0 radical (unpaired) electrons. The van der Waals surface area contributed by atoms with Crippen LogP contribution < -0.4 is 5.73 Å². The van der Waals surface area contributed by atoms with E-state index in [0.29, 0.717) is 6.42 Å². The maximum absolute atomic E-state index is 9.03. The van der Waals surface area contributed by atoms with Crippen molar-refractivity contribution in [2.45, 2.75) is 31.8 Å². The van der Waals surface area contributed by atoms with Crippen molar-refractivity contribution in [2.75, 3.05) is 0 Å². The Labute approximate surface area is 113 Å². The minimum atomic E-state index is -0.822. The maximum atomic E-state index is 9.03. The summed E-state index contributed by atoms with van der Waals surface area (Å²) in [5, 5.41) is 9.03. The second-order valence-corrected chi connectivity index (χ2v) is 5.11. The summed E-state index contributed by atoms with van der Waals surface area (Å²) in [5.41, 5.74) is 6.16. The Morgan fingerprint density at radius 3 is 2.74 bits per heavy atom. The van der Waals surface area contributed by atoms with Gasteiger partial charge in [0.1, 0.15) is 11.4 Å². The smallest absolute Gasteiger partial charge is 0.140 e. The van der Waals surface area contributed by atoms with Gasteiger partial charge in [-0.3, -0.25) is 0 Å². The quantitative estimate of drug-likeness (QED) is 0.912. The van der Waals surface area contributed by atoms with Gasteiger partial charge in [0.25, 0.3) is 0 Å². The van der Waals surface area contributed by atoms with Crippen molar-refractivity contribution in [3.8, 4) is 17.5 Å². The molecule has 2 rings (SSSR count). The molecule has 0 aliphatic heterocycles. The molecule has 0 spiro atoms. The van der Waals surface area contributed by atoms with E-state index in [0.717, 1.165) is 11.4 Å². The van der Waals surface area contributed by atoms with Crippen molar-refractivity contribution in [2.24, 2.45) is 5.73 Å². The van der Waals surface area contributed by atoms with Crippen LogP contribution in [0.5, 0.6) is 0 Å². The van der Waals surface area contributed by atoms with Gasteiger partial charge in [-0.2, -0.15) is 5.26 Å². The van der Waals surface area contributed by atoms with Gasteiger partial charge in [-0.25, -0.2) is 4.98 Å². The van der Waals surface area contributed by atoms with Crippen molar-refractivity contribution in [1.29, 1.82) is 5.26 Å². The van der Waals surface area contributed by atoms with E-state index in [4.69, 9.17) is 11.0 Å². The molecular weight excluding hydrogens is 236 g/mol. The number of rotatable bonds is 4. The van der Waals surface area contributed by atoms with E-state index in [-0.39, 0.29) is 6.04 Å². The van der Waals surface area contributed by atoms with Gasteiger partial charge in [0.05, 0.1) is 6.07 Å². The molecule has 0 amide bonds. The zero-order valence-electron chi connectivity index (χ0n) is 11.2. The van der Waals surface area contributed by atoms with E-state index < -0.39 is 5.54 Å². The average molecular weight is 254 g/mol. The molecular formula is C15H18N4. The van der Waals surface area contributed by atoms with Crippen LogP contribution in [0.15, 0.2) is 42.7 Å². The molecule has 19 heavy (non-hydrogen) atoms. The van der Waals surface area contributed by atoms with Crippen LogP contribution in [0.2, 0.25) is 0 Å². The van der Waals surface area contributed by atoms with E-state index in [1.54, 1.807) is 13.1 Å². The standard InChI is InChI=1S/C15H18N4/c1-12(10-15(2,17)11-16)19-9-8-18-14(19)13-6-4-3-5-7-13/h3-9,12H,10,17H2,1-2H3. The van der Waals surface area contributed by atoms with Gasteiger partial charge in [0.15, 0.2) is 0 Å². The van der Waals surface area contributed by atoms with E-state index in [2.05, 4.69) is 22.5 Å². The summed E-state index contributed by atoms with van der Waals surface area (Å²) in [4.78, 5) is 4.40. The number of imidazole rings is 1. The van der Waals surface area contributed by atoms with Crippen LogP contribution in [-0.2, 0) is 0 Å². The summed E-state index contributed by atoms with van der Waals surface area (Å²) < 4.78 is 2.07. The number of aromatic nitrogens is 2. The number of nitrogens with two attached hydrogens (primary N) is 1. The second kappa shape index (κ2) is 5.25. The van der Waals surface area contributed by atoms with Crippen LogP contribution in [0.4, 0.5) is 0 Å². The number of benzene rings is 1. The molecule has 4 heteroatoms. The molecule has 0 bridgehead atoms. The molecule has 1 aromatic heterocycles. The maximum Gasteiger partial charge on any atom is 0.140 e. The van der Waals surface area contributed by atoms with E-state index >= 15 is 0 Å². The lowest BCUT2D eigenvalue weighted by molar-refractivity contribution is 0.415. The number of hydrogen-bond donors (Lipinski definition) is 1. The molecule has 2 N–H and O–H groups in total. The first-order valence-electron chi connectivity index (χ1n) is 6.32. The SMILES string of the molecule is CC(CC(C)(N)C#N)n1ccnc1-c1ccccc1. The summed E-state index contributed by atoms with van der Waals surface area (Å²) in [6.07, 6.45) is 4.29. The number of nitriles is 1. The summed E-state index contributed by atoms with van der Waals surface area (Å²) in [5.74, 6) is 0.904. The third-order valence-corrected chi connectivity index (χ3v) is 3.15. The van der Waals surface area contributed by atoms with Crippen LogP contribution in [-0.4, -0.2) is 15.1 Å². The Morgan fingerprint density at radius 1 is 1.42 bits per heavy atom. The zero-order chi connectivity index (χ0) is 13.9. The monoisotopic (exact) mass is 254 g/mol. The first-order valence-corrected chi connectivity index (χ1v) is 6.32. The molecule has 0 saturated heterocycles. The molecule has 2 aromatic rings. The molecule has 1 aromatic carbocycles. The van der Waals surface area contributed by atoms with Crippen LogP contribution >= 0.6 is 0 Å². The number of nitrogens with zero attached hydrogens (tertiary/aromatic N) is 3. The van der Waals surface area contributed by atoms with Gasteiger partial charge in [0.2, 0.25) is 0 Å². The second-order valence-electron chi connectivity index (χ2n) is 5.11. The first-order chi connectivity index (χ1) is 9.03. The molecule has 2 unspecified atom stereocenters. The predicted octanol–water partition coefficient (Wildman–Crippen LogP) is 2.74. The Hall–Kier alpha value is -2.12. The lowest BCUT2D eigenvalue weighted by atomic mass is 9.96.